The van der Waals surface area contributed by atoms with E-state index in [0.717, 1.165) is 40.1 Å². The number of nitrogens with one attached hydrogen (secondary N) is 1. The Morgan fingerprint density at radius 2 is 2.25 bits per heavy atom. The second-order valence-electron chi connectivity index (χ2n) is 6.28. The van der Waals surface area contributed by atoms with Crippen molar-refractivity contribution in [3.63, 3.8) is 0 Å². The molecule has 124 valence electrons. The number of aromatic nitrogens is 2. The predicted molar refractivity (Wildman–Crippen MR) is 102 cm³/mol. The van der Waals surface area contributed by atoms with Crippen molar-refractivity contribution in [2.45, 2.75) is 37.1 Å². The Kier molecular flexibility index (Phi) is 4.41. The molecule has 0 aliphatic heterocycles. The van der Waals surface area contributed by atoms with E-state index in [2.05, 4.69) is 11.9 Å². The van der Waals surface area contributed by atoms with Gasteiger partial charge in [-0.15, -0.1) is 11.3 Å². The van der Waals surface area contributed by atoms with Crippen molar-refractivity contribution >= 4 is 44.9 Å². The summed E-state index contributed by atoms with van der Waals surface area (Å²) in [5.41, 5.74) is 2.27. The van der Waals surface area contributed by atoms with Gasteiger partial charge in [-0.05, 0) is 42.4 Å². The van der Waals surface area contributed by atoms with E-state index in [1.807, 2.05) is 24.3 Å². The number of aromatic amines is 1. The van der Waals surface area contributed by atoms with E-state index in [-0.39, 0.29) is 5.56 Å². The first-order valence-electron chi connectivity index (χ1n) is 8.02. The van der Waals surface area contributed by atoms with E-state index < -0.39 is 0 Å². The minimum absolute atomic E-state index is 0.00582. The van der Waals surface area contributed by atoms with Crippen LogP contribution in [0.4, 0.5) is 0 Å². The maximum atomic E-state index is 12.6. The van der Waals surface area contributed by atoms with Gasteiger partial charge in [-0.25, -0.2) is 4.98 Å². The van der Waals surface area contributed by atoms with Crippen LogP contribution in [0.25, 0.3) is 10.2 Å². The fourth-order valence-electron chi connectivity index (χ4n) is 3.16. The summed E-state index contributed by atoms with van der Waals surface area (Å²) < 4.78 is 0. The zero-order valence-corrected chi connectivity index (χ0v) is 15.7. The van der Waals surface area contributed by atoms with Crippen molar-refractivity contribution in [3.05, 3.63) is 55.6 Å². The molecule has 2 aromatic heterocycles. The lowest BCUT2D eigenvalue weighted by atomic mass is 9.89. The molecule has 0 spiro atoms. The zero-order valence-electron chi connectivity index (χ0n) is 13.3. The third-order valence-electron chi connectivity index (χ3n) is 4.47. The van der Waals surface area contributed by atoms with Crippen LogP contribution in [0.5, 0.6) is 0 Å². The quantitative estimate of drug-likeness (QED) is 0.513. The SMILES string of the molecule is C[C@H]1CCc2c(sc3nc(SCc4ccccc4Cl)[nH]c(=O)c23)C1. The minimum Gasteiger partial charge on any atom is -0.301 e. The van der Waals surface area contributed by atoms with Crippen LogP contribution in [-0.2, 0) is 18.6 Å². The van der Waals surface area contributed by atoms with E-state index in [1.165, 1.54) is 22.2 Å². The summed E-state index contributed by atoms with van der Waals surface area (Å²) in [6.45, 7) is 2.27. The van der Waals surface area contributed by atoms with Crippen LogP contribution in [0.3, 0.4) is 0 Å². The van der Waals surface area contributed by atoms with Gasteiger partial charge >= 0.3 is 0 Å². The Balaban J connectivity index is 1.66. The number of nitrogens with zero attached hydrogens (tertiary/aromatic N) is 1. The Morgan fingerprint density at radius 1 is 1.42 bits per heavy atom. The molecule has 3 nitrogen and oxygen atoms in total. The molecule has 1 aliphatic carbocycles. The number of thiophene rings is 1. The largest absolute Gasteiger partial charge is 0.301 e. The molecule has 24 heavy (non-hydrogen) atoms. The highest BCUT2D eigenvalue weighted by atomic mass is 35.5. The summed E-state index contributed by atoms with van der Waals surface area (Å²) in [6, 6.07) is 7.76. The summed E-state index contributed by atoms with van der Waals surface area (Å²) in [5, 5.41) is 2.22. The van der Waals surface area contributed by atoms with E-state index in [4.69, 9.17) is 16.6 Å². The molecule has 0 bridgehead atoms. The molecule has 2 heterocycles. The second kappa shape index (κ2) is 6.54. The fourth-order valence-corrected chi connectivity index (χ4v) is 5.75. The maximum absolute atomic E-state index is 12.6. The third kappa shape index (κ3) is 3.01. The second-order valence-corrected chi connectivity index (χ2v) is 8.74. The number of aryl methyl sites for hydroxylation is 1. The van der Waals surface area contributed by atoms with Gasteiger partial charge in [0.05, 0.1) is 5.39 Å². The lowest BCUT2D eigenvalue weighted by Crippen LogP contribution is -2.13. The number of benzene rings is 1. The number of hydrogen-bond donors (Lipinski definition) is 1. The smallest absolute Gasteiger partial charge is 0.260 e. The summed E-state index contributed by atoms with van der Waals surface area (Å²) in [6.07, 6.45) is 3.21. The van der Waals surface area contributed by atoms with Gasteiger partial charge in [0.2, 0.25) is 0 Å². The summed E-state index contributed by atoms with van der Waals surface area (Å²) in [4.78, 5) is 22.4. The maximum Gasteiger partial charge on any atom is 0.260 e. The highest BCUT2D eigenvalue weighted by Crippen LogP contribution is 2.36. The van der Waals surface area contributed by atoms with Crippen LogP contribution in [0, 0.1) is 5.92 Å². The fraction of sp³-hybridized carbons (Fsp3) is 0.333. The summed E-state index contributed by atoms with van der Waals surface area (Å²) >= 11 is 9.40. The molecular formula is C18H17ClN2OS2. The van der Waals surface area contributed by atoms with Crippen molar-refractivity contribution in [3.8, 4) is 0 Å². The van der Waals surface area contributed by atoms with E-state index in [1.54, 1.807) is 11.3 Å². The number of thioether (sulfide) groups is 1. The monoisotopic (exact) mass is 376 g/mol. The van der Waals surface area contributed by atoms with Gasteiger partial charge in [0.1, 0.15) is 4.83 Å². The van der Waals surface area contributed by atoms with Crippen molar-refractivity contribution in [1.82, 2.24) is 9.97 Å². The molecule has 0 saturated carbocycles. The molecular weight excluding hydrogens is 360 g/mol. The van der Waals surface area contributed by atoms with Crippen LogP contribution in [0.15, 0.2) is 34.2 Å². The van der Waals surface area contributed by atoms with Crippen molar-refractivity contribution in [2.24, 2.45) is 5.92 Å². The topological polar surface area (TPSA) is 45.8 Å². The highest BCUT2D eigenvalue weighted by molar-refractivity contribution is 7.98. The van der Waals surface area contributed by atoms with Crippen LogP contribution >= 0.6 is 34.7 Å². The Bertz CT molecular complexity index is 963. The lowest BCUT2D eigenvalue weighted by Gasteiger charge is -2.17. The Morgan fingerprint density at radius 3 is 3.08 bits per heavy atom. The van der Waals surface area contributed by atoms with Crippen molar-refractivity contribution < 1.29 is 0 Å². The molecule has 0 unspecified atom stereocenters. The van der Waals surface area contributed by atoms with Crippen molar-refractivity contribution in [2.75, 3.05) is 0 Å². The van der Waals surface area contributed by atoms with Gasteiger partial charge in [-0.2, -0.15) is 0 Å². The molecule has 3 aromatic rings. The molecule has 0 fully saturated rings. The molecule has 0 amide bonds. The van der Waals surface area contributed by atoms with E-state index >= 15 is 0 Å². The van der Waals surface area contributed by atoms with Crippen LogP contribution in [0.1, 0.15) is 29.3 Å². The first-order chi connectivity index (χ1) is 11.6. The van der Waals surface area contributed by atoms with Crippen LogP contribution in [0.2, 0.25) is 5.02 Å². The van der Waals surface area contributed by atoms with E-state index in [0.29, 0.717) is 16.8 Å². The van der Waals surface area contributed by atoms with Crippen molar-refractivity contribution in [1.29, 1.82) is 0 Å². The van der Waals surface area contributed by atoms with Gasteiger partial charge < -0.3 is 4.98 Å². The molecule has 1 N–H and O–H groups in total. The first-order valence-corrected chi connectivity index (χ1v) is 10.2. The predicted octanol–water partition coefficient (Wildman–Crippen LogP) is 5.06. The number of hydrogen-bond acceptors (Lipinski definition) is 4. The minimum atomic E-state index is -0.00582. The Hall–Kier alpha value is -1.30. The molecule has 6 heteroatoms. The molecule has 1 aliphatic rings. The average molecular weight is 377 g/mol. The van der Waals surface area contributed by atoms with Crippen LogP contribution < -0.4 is 5.56 Å². The number of halogens is 1. The standard InChI is InChI=1S/C18H17ClN2OS2/c1-10-6-7-12-14(8-10)24-17-15(12)16(22)20-18(21-17)23-9-11-4-2-3-5-13(11)19/h2-5,10H,6-9H2,1H3,(H,20,21,22)/t10-/m0/s1. The zero-order chi connectivity index (χ0) is 16.7. The van der Waals surface area contributed by atoms with Gasteiger partial charge in [-0.1, -0.05) is 48.5 Å². The van der Waals surface area contributed by atoms with Gasteiger partial charge in [0, 0.05) is 15.7 Å². The molecule has 0 radical (unpaired) electrons. The van der Waals surface area contributed by atoms with Gasteiger partial charge in [0.25, 0.3) is 5.56 Å². The first kappa shape index (κ1) is 16.2. The van der Waals surface area contributed by atoms with Crippen LogP contribution in [-0.4, -0.2) is 9.97 Å². The van der Waals surface area contributed by atoms with Gasteiger partial charge in [0.15, 0.2) is 5.16 Å². The normalized spacial score (nSPS) is 17.2. The number of rotatable bonds is 3. The molecule has 4 rings (SSSR count). The Labute approximate surface area is 153 Å². The van der Waals surface area contributed by atoms with Gasteiger partial charge in [-0.3, -0.25) is 4.79 Å². The van der Waals surface area contributed by atoms with E-state index in [9.17, 15) is 4.79 Å². The third-order valence-corrected chi connectivity index (χ3v) is 6.91. The molecule has 0 saturated heterocycles. The summed E-state index contributed by atoms with van der Waals surface area (Å²) in [7, 11) is 0. The number of fused-ring (bicyclic) bond motifs is 3. The highest BCUT2D eigenvalue weighted by Gasteiger charge is 2.23. The molecule has 1 atom stereocenters. The molecule has 1 aromatic carbocycles. The lowest BCUT2D eigenvalue weighted by molar-refractivity contribution is 0.509. The summed E-state index contributed by atoms with van der Waals surface area (Å²) in [5.74, 6) is 1.38. The number of H-pyrrole nitrogens is 1. The average Bonchev–Trinajstić information content (AvgIpc) is 2.91.